The topological polar surface area (TPSA) is 78.4 Å². The number of carbonyl (C=O) groups excluding carboxylic acids is 1. The summed E-state index contributed by atoms with van der Waals surface area (Å²) >= 11 is 1.16. The van der Waals surface area contributed by atoms with Gasteiger partial charge in [-0.1, -0.05) is 24.3 Å². The van der Waals surface area contributed by atoms with E-state index in [9.17, 15) is 14.3 Å². The number of phenolic OH excluding ortho intramolecular Hbond substituents is 1. The number of halogens is 1. The van der Waals surface area contributed by atoms with Crippen LogP contribution < -0.4 is 0 Å². The van der Waals surface area contributed by atoms with Gasteiger partial charge in [0.15, 0.2) is 5.17 Å². The first kappa shape index (κ1) is 19.7. The SMILES string of the molecule is O=C1/C(=C/c2ccc(F)cc2)S/C(=N\N=C\c2ccccc2O)N1Cc1ccco1. The lowest BCUT2D eigenvalue weighted by molar-refractivity contribution is -0.122. The van der Waals surface area contributed by atoms with E-state index >= 15 is 0 Å². The Kier molecular flexibility index (Phi) is 5.76. The Labute approximate surface area is 176 Å². The van der Waals surface area contributed by atoms with Crippen LogP contribution >= 0.6 is 11.8 Å². The van der Waals surface area contributed by atoms with E-state index in [1.807, 2.05) is 0 Å². The highest BCUT2D eigenvalue weighted by atomic mass is 32.2. The van der Waals surface area contributed by atoms with E-state index in [2.05, 4.69) is 10.2 Å². The maximum absolute atomic E-state index is 13.2. The number of amides is 1. The fourth-order valence-electron chi connectivity index (χ4n) is 2.73. The minimum atomic E-state index is -0.345. The van der Waals surface area contributed by atoms with Crippen LogP contribution in [0.3, 0.4) is 0 Å². The quantitative estimate of drug-likeness (QED) is 0.370. The lowest BCUT2D eigenvalue weighted by atomic mass is 10.2. The number of furan rings is 1. The number of thioether (sulfide) groups is 1. The molecule has 1 N–H and O–H groups in total. The second kappa shape index (κ2) is 8.79. The van der Waals surface area contributed by atoms with Gasteiger partial charge in [0.25, 0.3) is 5.91 Å². The van der Waals surface area contributed by atoms with Gasteiger partial charge in [0.05, 0.1) is 23.9 Å². The van der Waals surface area contributed by atoms with E-state index in [-0.39, 0.29) is 24.0 Å². The smallest absolute Gasteiger partial charge is 0.267 e. The Balaban J connectivity index is 1.62. The fourth-order valence-corrected chi connectivity index (χ4v) is 3.66. The van der Waals surface area contributed by atoms with Crippen LogP contribution in [0.2, 0.25) is 0 Å². The summed E-state index contributed by atoms with van der Waals surface area (Å²) in [6.07, 6.45) is 4.63. The maximum Gasteiger partial charge on any atom is 0.267 e. The molecule has 0 saturated carbocycles. The van der Waals surface area contributed by atoms with Gasteiger partial charge in [0.2, 0.25) is 0 Å². The minimum absolute atomic E-state index is 0.0842. The number of nitrogens with zero attached hydrogens (tertiary/aromatic N) is 3. The van der Waals surface area contributed by atoms with Gasteiger partial charge in [-0.05, 0) is 59.8 Å². The summed E-state index contributed by atoms with van der Waals surface area (Å²) in [4.78, 5) is 14.8. The molecule has 150 valence electrons. The zero-order valence-electron chi connectivity index (χ0n) is 15.6. The summed E-state index contributed by atoms with van der Waals surface area (Å²) in [5.74, 6) is 0.0882. The van der Waals surface area contributed by atoms with Crippen LogP contribution in [0.15, 0.2) is 86.5 Å². The molecule has 2 heterocycles. The van der Waals surface area contributed by atoms with E-state index in [0.29, 0.717) is 27.0 Å². The van der Waals surface area contributed by atoms with E-state index < -0.39 is 0 Å². The van der Waals surface area contributed by atoms with Crippen molar-refractivity contribution in [3.8, 4) is 5.75 Å². The van der Waals surface area contributed by atoms with Crippen molar-refractivity contribution in [3.63, 3.8) is 0 Å². The van der Waals surface area contributed by atoms with E-state index in [1.165, 1.54) is 29.5 Å². The van der Waals surface area contributed by atoms with Crippen LogP contribution in [0, 0.1) is 5.82 Å². The van der Waals surface area contributed by atoms with Gasteiger partial charge in [0.1, 0.15) is 17.3 Å². The second-order valence-corrected chi connectivity index (χ2v) is 7.33. The molecule has 0 atom stereocenters. The average molecular weight is 421 g/mol. The van der Waals surface area contributed by atoms with E-state index in [1.54, 1.807) is 54.6 Å². The van der Waals surface area contributed by atoms with Crippen molar-refractivity contribution < 1.29 is 18.7 Å². The molecule has 6 nitrogen and oxygen atoms in total. The van der Waals surface area contributed by atoms with Crippen molar-refractivity contribution in [3.05, 3.63) is 94.5 Å². The highest BCUT2D eigenvalue weighted by molar-refractivity contribution is 8.18. The summed E-state index contributed by atoms with van der Waals surface area (Å²) in [5, 5.41) is 18.4. The van der Waals surface area contributed by atoms with Gasteiger partial charge in [-0.2, -0.15) is 5.10 Å². The number of aromatic hydroxyl groups is 1. The third-order valence-electron chi connectivity index (χ3n) is 4.23. The molecule has 2 aromatic carbocycles. The van der Waals surface area contributed by atoms with Gasteiger partial charge < -0.3 is 9.52 Å². The number of carbonyl (C=O) groups is 1. The highest BCUT2D eigenvalue weighted by Crippen LogP contribution is 2.34. The summed E-state index contributed by atoms with van der Waals surface area (Å²) in [5.41, 5.74) is 1.21. The molecule has 1 aliphatic rings. The molecule has 8 heteroatoms. The normalized spacial score (nSPS) is 17.0. The molecule has 0 spiro atoms. The Bertz CT molecular complexity index is 1140. The highest BCUT2D eigenvalue weighted by Gasteiger charge is 2.34. The molecule has 4 rings (SSSR count). The summed E-state index contributed by atoms with van der Waals surface area (Å²) < 4.78 is 18.5. The van der Waals surface area contributed by atoms with Crippen LogP contribution in [0.4, 0.5) is 4.39 Å². The summed E-state index contributed by atoms with van der Waals surface area (Å²) in [7, 11) is 0. The second-order valence-electron chi connectivity index (χ2n) is 6.32. The van der Waals surface area contributed by atoms with Gasteiger partial charge in [0, 0.05) is 5.56 Å². The first-order valence-electron chi connectivity index (χ1n) is 8.98. The zero-order chi connectivity index (χ0) is 20.9. The number of hydrogen-bond acceptors (Lipinski definition) is 6. The van der Waals surface area contributed by atoms with Crippen molar-refractivity contribution in [2.24, 2.45) is 10.2 Å². The van der Waals surface area contributed by atoms with E-state index in [4.69, 9.17) is 4.42 Å². The predicted octanol–water partition coefficient (Wildman–Crippen LogP) is 4.63. The fraction of sp³-hybridized carbons (Fsp3) is 0.0455. The Morgan fingerprint density at radius 2 is 1.90 bits per heavy atom. The van der Waals surface area contributed by atoms with Gasteiger partial charge in [-0.15, -0.1) is 5.10 Å². The molecule has 0 aliphatic carbocycles. The third-order valence-corrected chi connectivity index (χ3v) is 5.22. The maximum atomic E-state index is 13.2. The average Bonchev–Trinajstić information content (AvgIpc) is 3.35. The number of para-hydroxylation sites is 1. The summed E-state index contributed by atoms with van der Waals surface area (Å²) in [6.45, 7) is 0.199. The van der Waals surface area contributed by atoms with Crippen molar-refractivity contribution in [1.29, 1.82) is 0 Å². The van der Waals surface area contributed by atoms with Gasteiger partial charge in [-0.25, -0.2) is 4.39 Å². The largest absolute Gasteiger partial charge is 0.507 e. The van der Waals surface area contributed by atoms with Crippen molar-refractivity contribution in [1.82, 2.24) is 4.90 Å². The van der Waals surface area contributed by atoms with Crippen LogP contribution in [0.1, 0.15) is 16.9 Å². The number of phenols is 1. The van der Waals surface area contributed by atoms with Crippen molar-refractivity contribution in [2.45, 2.75) is 6.54 Å². The standard InChI is InChI=1S/C22H16FN3O3S/c23-17-9-7-15(8-10-17)12-20-21(28)26(14-18-5-3-11-29-18)22(30-20)25-24-13-16-4-1-2-6-19(16)27/h1-13,27H,14H2/b20-12-,24-13+,25-22-. The molecule has 30 heavy (non-hydrogen) atoms. The number of amidine groups is 1. The lowest BCUT2D eigenvalue weighted by Gasteiger charge is -2.12. The van der Waals surface area contributed by atoms with Crippen LogP contribution in [0.5, 0.6) is 5.75 Å². The number of hydrogen-bond donors (Lipinski definition) is 1. The van der Waals surface area contributed by atoms with Crippen LogP contribution in [-0.4, -0.2) is 27.3 Å². The molecule has 1 aliphatic heterocycles. The molecular weight excluding hydrogens is 405 g/mol. The molecular formula is C22H16FN3O3S. The Morgan fingerprint density at radius 1 is 1.10 bits per heavy atom. The predicted molar refractivity (Wildman–Crippen MR) is 114 cm³/mol. The molecule has 1 aromatic heterocycles. The first-order chi connectivity index (χ1) is 14.6. The number of rotatable bonds is 5. The molecule has 0 unspecified atom stereocenters. The molecule has 0 radical (unpaired) electrons. The molecule has 1 fully saturated rings. The monoisotopic (exact) mass is 421 g/mol. The molecule has 1 amide bonds. The van der Waals surface area contributed by atoms with Crippen molar-refractivity contribution in [2.75, 3.05) is 0 Å². The third kappa shape index (κ3) is 4.49. The molecule has 3 aromatic rings. The van der Waals surface area contributed by atoms with Crippen LogP contribution in [0.25, 0.3) is 6.08 Å². The van der Waals surface area contributed by atoms with Crippen molar-refractivity contribution >= 4 is 35.1 Å². The zero-order valence-corrected chi connectivity index (χ0v) is 16.4. The Morgan fingerprint density at radius 3 is 2.63 bits per heavy atom. The Hall–Kier alpha value is -3.65. The van der Waals surface area contributed by atoms with E-state index in [0.717, 1.165) is 11.8 Å². The van der Waals surface area contributed by atoms with Gasteiger partial charge in [-0.3, -0.25) is 9.69 Å². The molecule has 1 saturated heterocycles. The van der Waals surface area contributed by atoms with Crippen LogP contribution in [-0.2, 0) is 11.3 Å². The minimum Gasteiger partial charge on any atom is -0.507 e. The summed E-state index contributed by atoms with van der Waals surface area (Å²) in [6, 6.07) is 16.1. The van der Waals surface area contributed by atoms with Gasteiger partial charge >= 0.3 is 0 Å². The number of benzene rings is 2. The molecule has 0 bridgehead atoms. The lowest BCUT2D eigenvalue weighted by Crippen LogP contribution is -2.28. The first-order valence-corrected chi connectivity index (χ1v) is 9.80.